The van der Waals surface area contributed by atoms with Crippen molar-refractivity contribution < 1.29 is 5.11 Å². The van der Waals surface area contributed by atoms with Crippen LogP contribution >= 0.6 is 23.4 Å². The fourth-order valence-corrected chi connectivity index (χ4v) is 4.45. The molecule has 0 spiro atoms. The molecule has 0 radical (unpaired) electrons. The topological polar surface area (TPSA) is 75.0 Å². The third-order valence-corrected chi connectivity index (χ3v) is 6.14. The zero-order valence-corrected chi connectivity index (χ0v) is 18.7. The van der Waals surface area contributed by atoms with E-state index >= 15 is 0 Å². The summed E-state index contributed by atoms with van der Waals surface area (Å²) in [7, 11) is 0. The largest absolute Gasteiger partial charge is 0.378 e. The van der Waals surface area contributed by atoms with Gasteiger partial charge in [0.25, 0.3) is 0 Å². The molecule has 0 saturated carbocycles. The van der Waals surface area contributed by atoms with Crippen LogP contribution in [0.1, 0.15) is 12.7 Å². The number of aromatic nitrogens is 3. The normalized spacial score (nSPS) is 12.1. The fraction of sp³-hybridized carbons (Fsp3) is 0.217. The van der Waals surface area contributed by atoms with Gasteiger partial charge in [0.15, 0.2) is 11.0 Å². The number of nitrogens with zero attached hydrogens (tertiary/aromatic N) is 3. The van der Waals surface area contributed by atoms with Gasteiger partial charge in [0.2, 0.25) is 0 Å². The summed E-state index contributed by atoms with van der Waals surface area (Å²) in [5.41, 5.74) is 1.84. The molecule has 0 saturated heterocycles. The maximum absolute atomic E-state index is 10.6. The van der Waals surface area contributed by atoms with Crippen LogP contribution in [-0.2, 0) is 13.1 Å². The summed E-state index contributed by atoms with van der Waals surface area (Å²) in [5, 5.41) is 29.4. The van der Waals surface area contributed by atoms with Gasteiger partial charge in [-0.25, -0.2) is 0 Å². The summed E-state index contributed by atoms with van der Waals surface area (Å²) in [6, 6.07) is 21.7. The van der Waals surface area contributed by atoms with E-state index in [2.05, 4.69) is 39.9 Å². The van der Waals surface area contributed by atoms with Gasteiger partial charge in [-0.05, 0) is 36.6 Å². The molecule has 4 rings (SSSR count). The van der Waals surface area contributed by atoms with Gasteiger partial charge in [0, 0.05) is 34.1 Å². The van der Waals surface area contributed by atoms with E-state index in [1.54, 1.807) is 0 Å². The Morgan fingerprint density at radius 2 is 1.87 bits per heavy atom. The number of thioether (sulfide) groups is 1. The summed E-state index contributed by atoms with van der Waals surface area (Å²) < 4.78 is 2.05. The van der Waals surface area contributed by atoms with Crippen LogP contribution in [0.25, 0.3) is 10.8 Å². The van der Waals surface area contributed by atoms with Crippen LogP contribution in [0.15, 0.2) is 71.9 Å². The van der Waals surface area contributed by atoms with Crippen LogP contribution in [0, 0.1) is 0 Å². The van der Waals surface area contributed by atoms with Gasteiger partial charge in [-0.1, -0.05) is 65.8 Å². The number of anilines is 2. The van der Waals surface area contributed by atoms with E-state index in [1.807, 2.05) is 59.2 Å². The van der Waals surface area contributed by atoms with E-state index in [0.29, 0.717) is 17.3 Å². The average molecular weight is 454 g/mol. The van der Waals surface area contributed by atoms with E-state index in [9.17, 15) is 5.11 Å². The molecule has 0 fully saturated rings. The molecule has 3 aromatic carbocycles. The van der Waals surface area contributed by atoms with Gasteiger partial charge >= 0.3 is 0 Å². The van der Waals surface area contributed by atoms with Crippen LogP contribution < -0.4 is 10.6 Å². The van der Waals surface area contributed by atoms with Crippen molar-refractivity contribution in [2.24, 2.45) is 0 Å². The van der Waals surface area contributed by atoms with Gasteiger partial charge < -0.3 is 20.3 Å². The highest BCUT2D eigenvalue weighted by Gasteiger charge is 2.14. The molecule has 4 aromatic rings. The van der Waals surface area contributed by atoms with Crippen LogP contribution in [0.3, 0.4) is 0 Å². The van der Waals surface area contributed by atoms with Gasteiger partial charge in [-0.3, -0.25) is 0 Å². The molecule has 0 aliphatic heterocycles. The lowest BCUT2D eigenvalue weighted by Gasteiger charge is -2.16. The Kier molecular flexibility index (Phi) is 6.96. The monoisotopic (exact) mass is 453 g/mol. The smallest absolute Gasteiger partial charge is 0.191 e. The predicted molar refractivity (Wildman–Crippen MR) is 129 cm³/mol. The fourth-order valence-electron chi connectivity index (χ4n) is 3.38. The summed E-state index contributed by atoms with van der Waals surface area (Å²) in [6.07, 6.45) is -0.717. The van der Waals surface area contributed by atoms with Crippen LogP contribution in [-0.4, -0.2) is 31.9 Å². The highest BCUT2D eigenvalue weighted by Crippen LogP contribution is 2.25. The van der Waals surface area contributed by atoms with Crippen molar-refractivity contribution in [1.82, 2.24) is 14.8 Å². The second-order valence-electron chi connectivity index (χ2n) is 7.00. The quantitative estimate of drug-likeness (QED) is 0.238. The Balaban J connectivity index is 1.38. The standard InChI is InChI=1S/C23H24ClN5OS/c1-2-29-21(14-25-18-10-6-9-17(24)13-18)27-28-23(29)31-15-22(30)26-20-12-5-8-16-7-3-4-11-19(16)20/h3-13,22,25-26,30H,2,14-15H2,1H3. The van der Waals surface area contributed by atoms with Crippen molar-refractivity contribution in [1.29, 1.82) is 0 Å². The van der Waals surface area contributed by atoms with Crippen molar-refractivity contribution in [2.45, 2.75) is 31.4 Å². The van der Waals surface area contributed by atoms with Crippen LogP contribution in [0.5, 0.6) is 0 Å². The molecule has 3 N–H and O–H groups in total. The lowest BCUT2D eigenvalue weighted by atomic mass is 10.1. The molecule has 1 unspecified atom stereocenters. The number of benzene rings is 3. The maximum Gasteiger partial charge on any atom is 0.191 e. The number of halogens is 1. The highest BCUT2D eigenvalue weighted by atomic mass is 35.5. The first-order valence-electron chi connectivity index (χ1n) is 10.1. The van der Waals surface area contributed by atoms with E-state index in [-0.39, 0.29) is 0 Å². The van der Waals surface area contributed by atoms with Gasteiger partial charge in [0.05, 0.1) is 6.54 Å². The summed E-state index contributed by atoms with van der Waals surface area (Å²) in [4.78, 5) is 0. The molecule has 0 bridgehead atoms. The number of hydrogen-bond donors (Lipinski definition) is 3. The third kappa shape index (κ3) is 5.31. The number of aliphatic hydroxyl groups is 1. The Hall–Kier alpha value is -2.74. The van der Waals surface area contributed by atoms with Crippen LogP contribution in [0.2, 0.25) is 5.02 Å². The molecule has 160 valence electrons. The first-order valence-corrected chi connectivity index (χ1v) is 11.5. The number of rotatable bonds is 9. The molecule has 31 heavy (non-hydrogen) atoms. The lowest BCUT2D eigenvalue weighted by molar-refractivity contribution is 0.229. The van der Waals surface area contributed by atoms with E-state index in [4.69, 9.17) is 11.6 Å². The lowest BCUT2D eigenvalue weighted by Crippen LogP contribution is -2.21. The molecular formula is C23H24ClN5OS. The van der Waals surface area contributed by atoms with Crippen molar-refractivity contribution in [3.63, 3.8) is 0 Å². The molecule has 6 nitrogen and oxygen atoms in total. The van der Waals surface area contributed by atoms with Gasteiger partial charge in [0.1, 0.15) is 6.23 Å². The van der Waals surface area contributed by atoms with Crippen molar-refractivity contribution >= 4 is 45.5 Å². The molecule has 0 aliphatic rings. The number of aliphatic hydroxyl groups excluding tert-OH is 1. The second kappa shape index (κ2) is 10.0. The Morgan fingerprint density at radius 3 is 2.71 bits per heavy atom. The zero-order chi connectivity index (χ0) is 21.6. The van der Waals surface area contributed by atoms with Crippen molar-refractivity contribution in [3.05, 3.63) is 77.6 Å². The molecule has 0 aliphatic carbocycles. The number of hydrogen-bond acceptors (Lipinski definition) is 6. The SMILES string of the molecule is CCn1c(CNc2cccc(Cl)c2)nnc1SCC(O)Nc1cccc2ccccc12. The Labute approximate surface area is 190 Å². The highest BCUT2D eigenvalue weighted by molar-refractivity contribution is 7.99. The van der Waals surface area contributed by atoms with Crippen molar-refractivity contribution in [2.75, 3.05) is 16.4 Å². The minimum atomic E-state index is -0.717. The molecule has 0 amide bonds. The second-order valence-corrected chi connectivity index (χ2v) is 8.43. The number of fused-ring (bicyclic) bond motifs is 1. The first-order chi connectivity index (χ1) is 15.1. The zero-order valence-electron chi connectivity index (χ0n) is 17.1. The minimum Gasteiger partial charge on any atom is -0.378 e. The van der Waals surface area contributed by atoms with E-state index < -0.39 is 6.23 Å². The Morgan fingerprint density at radius 1 is 1.06 bits per heavy atom. The van der Waals surface area contributed by atoms with Gasteiger partial charge in [-0.15, -0.1) is 10.2 Å². The minimum absolute atomic E-state index is 0.447. The molecule has 8 heteroatoms. The molecular weight excluding hydrogens is 430 g/mol. The van der Waals surface area contributed by atoms with E-state index in [0.717, 1.165) is 39.7 Å². The number of nitrogens with one attached hydrogen (secondary N) is 2. The first kappa shape index (κ1) is 21.5. The van der Waals surface area contributed by atoms with Gasteiger partial charge in [-0.2, -0.15) is 0 Å². The molecule has 1 aromatic heterocycles. The summed E-state index contributed by atoms with van der Waals surface area (Å²) >= 11 is 7.52. The maximum atomic E-state index is 10.6. The third-order valence-electron chi connectivity index (χ3n) is 4.87. The van der Waals surface area contributed by atoms with Crippen molar-refractivity contribution in [3.8, 4) is 0 Å². The average Bonchev–Trinajstić information content (AvgIpc) is 3.18. The molecule has 1 heterocycles. The predicted octanol–water partition coefficient (Wildman–Crippen LogP) is 5.24. The summed E-state index contributed by atoms with van der Waals surface area (Å²) in [6.45, 7) is 3.34. The van der Waals surface area contributed by atoms with E-state index in [1.165, 1.54) is 11.8 Å². The molecule has 1 atom stereocenters. The summed E-state index contributed by atoms with van der Waals surface area (Å²) in [5.74, 6) is 1.28. The van der Waals surface area contributed by atoms with Crippen LogP contribution in [0.4, 0.5) is 11.4 Å². The Bertz CT molecular complexity index is 1160.